The van der Waals surface area contributed by atoms with E-state index in [0.29, 0.717) is 6.29 Å². The van der Waals surface area contributed by atoms with E-state index in [1.165, 1.54) is 6.08 Å². The third-order valence-corrected chi connectivity index (χ3v) is 0.881. The van der Waals surface area contributed by atoms with Crippen molar-refractivity contribution in [3.63, 3.8) is 0 Å². The molecule has 0 saturated heterocycles. The summed E-state index contributed by atoms with van der Waals surface area (Å²) >= 11 is 5.31. The van der Waals surface area contributed by atoms with Gasteiger partial charge in [-0.05, 0) is 6.08 Å². The Morgan fingerprint density at radius 1 is 1.50 bits per heavy atom. The molecule has 0 spiro atoms. The fraction of sp³-hybridized carbons (Fsp3) is 0. The quantitative estimate of drug-likeness (QED) is 0.295. The summed E-state index contributed by atoms with van der Waals surface area (Å²) in [5, 5.41) is 8.85. The molecule has 0 aromatic heterocycles. The van der Waals surface area contributed by atoms with Crippen molar-refractivity contribution in [1.82, 2.24) is 0 Å². The summed E-state index contributed by atoms with van der Waals surface area (Å²) in [5.41, 5.74) is 0.0417. The number of rotatable bonds is 3. The van der Waals surface area contributed by atoms with Crippen molar-refractivity contribution < 1.29 is 9.90 Å². The van der Waals surface area contributed by atoms with Crippen LogP contribution in [0.4, 0.5) is 0 Å². The summed E-state index contributed by atoms with van der Waals surface area (Å²) in [6.07, 6.45) is 1.69. The molecular formula is C7H7ClO2. The van der Waals surface area contributed by atoms with Gasteiger partial charge in [-0.2, -0.15) is 0 Å². The van der Waals surface area contributed by atoms with Crippen molar-refractivity contribution in [3.05, 3.63) is 35.6 Å². The van der Waals surface area contributed by atoms with Crippen LogP contribution in [0.5, 0.6) is 0 Å². The van der Waals surface area contributed by atoms with Gasteiger partial charge in [0.2, 0.25) is 0 Å². The smallest absolute Gasteiger partial charge is 0.153 e. The Labute approximate surface area is 64.1 Å². The third kappa shape index (κ3) is 3.10. The first-order chi connectivity index (χ1) is 4.57. The normalized spacial score (nSPS) is 10.7. The van der Waals surface area contributed by atoms with Crippen molar-refractivity contribution in [1.29, 1.82) is 0 Å². The SMILES string of the molecule is C=C(Cl)/C=C(/C=O)C(=C)O. The second-order valence-corrected chi connectivity index (χ2v) is 2.10. The summed E-state index contributed by atoms with van der Waals surface area (Å²) in [7, 11) is 0. The van der Waals surface area contributed by atoms with E-state index in [1.807, 2.05) is 0 Å². The maximum atomic E-state index is 10.1. The molecule has 54 valence electrons. The second-order valence-electron chi connectivity index (χ2n) is 1.61. The largest absolute Gasteiger partial charge is 0.508 e. The summed E-state index contributed by atoms with van der Waals surface area (Å²) < 4.78 is 0. The molecule has 0 aliphatic heterocycles. The molecule has 0 rings (SSSR count). The molecular weight excluding hydrogens is 152 g/mol. The highest BCUT2D eigenvalue weighted by Crippen LogP contribution is 2.07. The van der Waals surface area contributed by atoms with Gasteiger partial charge in [-0.3, -0.25) is 4.79 Å². The molecule has 0 aromatic carbocycles. The van der Waals surface area contributed by atoms with Crippen molar-refractivity contribution >= 4 is 17.9 Å². The van der Waals surface area contributed by atoms with Gasteiger partial charge in [0, 0.05) is 5.03 Å². The molecule has 0 aromatic rings. The summed E-state index contributed by atoms with van der Waals surface area (Å²) in [6, 6.07) is 0. The highest BCUT2D eigenvalue weighted by Gasteiger charge is 1.97. The van der Waals surface area contributed by atoms with Gasteiger partial charge in [0.25, 0.3) is 0 Å². The predicted molar refractivity (Wildman–Crippen MR) is 40.9 cm³/mol. The minimum atomic E-state index is -0.309. The fourth-order valence-corrected chi connectivity index (χ4v) is 0.472. The van der Waals surface area contributed by atoms with E-state index in [4.69, 9.17) is 16.7 Å². The van der Waals surface area contributed by atoms with Crippen LogP contribution in [-0.4, -0.2) is 11.4 Å². The van der Waals surface area contributed by atoms with Crippen LogP contribution in [0.1, 0.15) is 0 Å². The maximum absolute atomic E-state index is 10.1. The zero-order valence-corrected chi connectivity index (χ0v) is 6.06. The number of aldehydes is 1. The predicted octanol–water partition coefficient (Wildman–Crippen LogP) is 1.94. The molecule has 0 saturated carbocycles. The Kier molecular flexibility index (Phi) is 3.51. The number of carbonyl (C=O) groups excluding carboxylic acids is 1. The summed E-state index contributed by atoms with van der Waals surface area (Å²) in [5.74, 6) is -0.309. The zero-order chi connectivity index (χ0) is 8.15. The zero-order valence-electron chi connectivity index (χ0n) is 5.30. The molecule has 0 heterocycles. The molecule has 2 nitrogen and oxygen atoms in total. The molecule has 3 heteroatoms. The molecule has 0 unspecified atom stereocenters. The van der Waals surface area contributed by atoms with Gasteiger partial charge in [0.05, 0.1) is 5.57 Å². The molecule has 0 bridgehead atoms. The van der Waals surface area contributed by atoms with E-state index in [0.717, 1.165) is 0 Å². The first-order valence-electron chi connectivity index (χ1n) is 2.47. The van der Waals surface area contributed by atoms with Crippen LogP contribution in [-0.2, 0) is 4.79 Å². The lowest BCUT2D eigenvalue weighted by atomic mass is 10.2. The molecule has 0 aliphatic carbocycles. The van der Waals surface area contributed by atoms with Gasteiger partial charge in [-0.25, -0.2) is 0 Å². The number of hydrogen-bond donors (Lipinski definition) is 1. The van der Waals surface area contributed by atoms with Crippen LogP contribution >= 0.6 is 11.6 Å². The highest BCUT2D eigenvalue weighted by molar-refractivity contribution is 6.31. The van der Waals surface area contributed by atoms with Gasteiger partial charge in [-0.1, -0.05) is 24.8 Å². The van der Waals surface area contributed by atoms with Crippen LogP contribution in [0.3, 0.4) is 0 Å². The topological polar surface area (TPSA) is 37.3 Å². The van der Waals surface area contributed by atoms with Crippen molar-refractivity contribution in [2.45, 2.75) is 0 Å². The number of halogens is 1. The lowest BCUT2D eigenvalue weighted by Gasteiger charge is -1.93. The Morgan fingerprint density at radius 2 is 2.00 bits per heavy atom. The monoisotopic (exact) mass is 158 g/mol. The Morgan fingerprint density at radius 3 is 2.10 bits per heavy atom. The van der Waals surface area contributed by atoms with Gasteiger partial charge in [0.1, 0.15) is 5.76 Å². The van der Waals surface area contributed by atoms with E-state index >= 15 is 0 Å². The fourth-order valence-electron chi connectivity index (χ4n) is 0.354. The van der Waals surface area contributed by atoms with Crippen LogP contribution in [0, 0.1) is 0 Å². The first kappa shape index (κ1) is 8.98. The number of allylic oxidation sites excluding steroid dienone is 3. The molecule has 0 fully saturated rings. The Balaban J connectivity index is 4.49. The average Bonchev–Trinajstić information content (AvgIpc) is 1.81. The van der Waals surface area contributed by atoms with Crippen molar-refractivity contribution in [3.8, 4) is 0 Å². The number of aliphatic hydroxyl groups excluding tert-OH is 1. The minimum absolute atomic E-state index is 0.0417. The Hall–Kier alpha value is -1.02. The first-order valence-corrected chi connectivity index (χ1v) is 2.85. The van der Waals surface area contributed by atoms with Gasteiger partial charge < -0.3 is 5.11 Å². The van der Waals surface area contributed by atoms with Gasteiger partial charge >= 0.3 is 0 Å². The summed E-state index contributed by atoms with van der Waals surface area (Å²) in [4.78, 5) is 10.1. The molecule has 10 heavy (non-hydrogen) atoms. The van der Waals surface area contributed by atoms with E-state index in [9.17, 15) is 4.79 Å². The number of carbonyl (C=O) groups is 1. The van der Waals surface area contributed by atoms with E-state index < -0.39 is 0 Å². The van der Waals surface area contributed by atoms with E-state index in [2.05, 4.69) is 13.2 Å². The Bertz CT molecular complexity index is 204. The molecule has 0 aliphatic rings. The van der Waals surface area contributed by atoms with Crippen LogP contribution < -0.4 is 0 Å². The van der Waals surface area contributed by atoms with Gasteiger partial charge in [0.15, 0.2) is 6.29 Å². The highest BCUT2D eigenvalue weighted by atomic mass is 35.5. The number of hydrogen-bond acceptors (Lipinski definition) is 2. The molecule has 0 radical (unpaired) electrons. The van der Waals surface area contributed by atoms with E-state index in [1.54, 1.807) is 0 Å². The average molecular weight is 159 g/mol. The lowest BCUT2D eigenvalue weighted by Crippen LogP contribution is -1.87. The minimum Gasteiger partial charge on any atom is -0.508 e. The van der Waals surface area contributed by atoms with Crippen LogP contribution in [0.25, 0.3) is 0 Å². The standard InChI is InChI=1S/C7H7ClO2/c1-5(8)3-7(4-9)6(2)10/h3-4,10H,1-2H2/b7-3-. The van der Waals surface area contributed by atoms with Crippen LogP contribution in [0.15, 0.2) is 35.6 Å². The molecule has 0 amide bonds. The second kappa shape index (κ2) is 3.90. The lowest BCUT2D eigenvalue weighted by molar-refractivity contribution is -0.104. The summed E-state index contributed by atoms with van der Waals surface area (Å²) in [6.45, 7) is 6.44. The number of aliphatic hydroxyl groups is 1. The van der Waals surface area contributed by atoms with Crippen molar-refractivity contribution in [2.75, 3.05) is 0 Å². The maximum Gasteiger partial charge on any atom is 0.153 e. The molecule has 1 N–H and O–H groups in total. The van der Waals surface area contributed by atoms with Crippen LogP contribution in [0.2, 0.25) is 0 Å². The van der Waals surface area contributed by atoms with Gasteiger partial charge in [-0.15, -0.1) is 0 Å². The van der Waals surface area contributed by atoms with Crippen molar-refractivity contribution in [2.24, 2.45) is 0 Å². The molecule has 0 atom stereocenters. The van der Waals surface area contributed by atoms with E-state index in [-0.39, 0.29) is 16.4 Å². The third-order valence-electron chi connectivity index (χ3n) is 0.772.